The molecule has 0 N–H and O–H groups in total. The summed E-state index contributed by atoms with van der Waals surface area (Å²) in [6.45, 7) is 6.89. The normalized spacial score (nSPS) is 12.9. The summed E-state index contributed by atoms with van der Waals surface area (Å²) in [5, 5.41) is 0. The lowest BCUT2D eigenvalue weighted by Crippen LogP contribution is -2.03. The van der Waals surface area contributed by atoms with Gasteiger partial charge in [0.15, 0.2) is 0 Å². The van der Waals surface area contributed by atoms with E-state index in [0.717, 1.165) is 17.6 Å². The molecule has 1 atom stereocenters. The van der Waals surface area contributed by atoms with Crippen LogP contribution in [0.15, 0.2) is 24.3 Å². The third kappa shape index (κ3) is 4.37. The van der Waals surface area contributed by atoms with E-state index in [-0.39, 0.29) is 0 Å². The van der Waals surface area contributed by atoms with Crippen molar-refractivity contribution in [1.82, 2.24) is 0 Å². The maximum absolute atomic E-state index is 5.14. The molecule has 15 heavy (non-hydrogen) atoms. The van der Waals surface area contributed by atoms with E-state index >= 15 is 0 Å². The van der Waals surface area contributed by atoms with Crippen LogP contribution in [0.1, 0.15) is 32.8 Å². The van der Waals surface area contributed by atoms with Crippen LogP contribution in [0.25, 0.3) is 0 Å². The summed E-state index contributed by atoms with van der Waals surface area (Å²) < 4.78 is 5.14. The van der Waals surface area contributed by atoms with Crippen molar-refractivity contribution in [3.63, 3.8) is 0 Å². The van der Waals surface area contributed by atoms with Gasteiger partial charge in [0.1, 0.15) is 5.75 Å². The van der Waals surface area contributed by atoms with Crippen LogP contribution in [-0.2, 0) is 6.42 Å². The van der Waals surface area contributed by atoms with Gasteiger partial charge in [0, 0.05) is 0 Å². The van der Waals surface area contributed by atoms with Gasteiger partial charge in [-0.3, -0.25) is 0 Å². The summed E-state index contributed by atoms with van der Waals surface area (Å²) >= 11 is 0. The number of methoxy groups -OCH3 is 1. The highest BCUT2D eigenvalue weighted by atomic mass is 16.5. The lowest BCUT2D eigenvalue weighted by atomic mass is 9.93. The molecule has 0 aliphatic rings. The molecule has 0 heterocycles. The molecule has 1 rings (SSSR count). The molecule has 0 saturated heterocycles. The molecule has 1 unspecified atom stereocenters. The molecular formula is C14H22O. The summed E-state index contributed by atoms with van der Waals surface area (Å²) in [5.41, 5.74) is 1.41. The number of benzene rings is 1. The summed E-state index contributed by atoms with van der Waals surface area (Å²) in [6, 6.07) is 8.40. The number of hydrogen-bond acceptors (Lipinski definition) is 1. The Labute approximate surface area is 93.5 Å². The second-order valence-corrected chi connectivity index (χ2v) is 4.79. The third-order valence-corrected chi connectivity index (χ3v) is 2.62. The predicted molar refractivity (Wildman–Crippen MR) is 65.3 cm³/mol. The predicted octanol–water partition coefficient (Wildman–Crippen LogP) is 3.92. The van der Waals surface area contributed by atoms with Crippen molar-refractivity contribution < 1.29 is 4.74 Å². The second-order valence-electron chi connectivity index (χ2n) is 4.79. The molecule has 0 spiro atoms. The van der Waals surface area contributed by atoms with Gasteiger partial charge in [0.05, 0.1) is 7.11 Å². The monoisotopic (exact) mass is 206 g/mol. The molecule has 1 heteroatoms. The average Bonchev–Trinajstić information content (AvgIpc) is 2.17. The van der Waals surface area contributed by atoms with Crippen LogP contribution in [-0.4, -0.2) is 7.11 Å². The fraction of sp³-hybridized carbons (Fsp3) is 0.571. The van der Waals surface area contributed by atoms with Crippen molar-refractivity contribution in [3.8, 4) is 5.75 Å². The second kappa shape index (κ2) is 5.79. The third-order valence-electron chi connectivity index (χ3n) is 2.62. The summed E-state index contributed by atoms with van der Waals surface area (Å²) in [7, 11) is 1.70. The van der Waals surface area contributed by atoms with Gasteiger partial charge in [-0.1, -0.05) is 32.9 Å². The minimum absolute atomic E-state index is 0.762. The zero-order valence-corrected chi connectivity index (χ0v) is 10.3. The summed E-state index contributed by atoms with van der Waals surface area (Å²) in [4.78, 5) is 0. The molecule has 0 saturated carbocycles. The van der Waals surface area contributed by atoms with Crippen LogP contribution >= 0.6 is 0 Å². The molecule has 84 valence electrons. The maximum atomic E-state index is 5.14. The summed E-state index contributed by atoms with van der Waals surface area (Å²) in [5.74, 6) is 2.49. The number of hydrogen-bond donors (Lipinski definition) is 0. The average molecular weight is 206 g/mol. The highest BCUT2D eigenvalue weighted by molar-refractivity contribution is 5.27. The highest BCUT2D eigenvalue weighted by Crippen LogP contribution is 2.18. The zero-order chi connectivity index (χ0) is 11.3. The zero-order valence-electron chi connectivity index (χ0n) is 10.3. The Balaban J connectivity index is 2.49. The lowest BCUT2D eigenvalue weighted by molar-refractivity contribution is 0.413. The Bertz CT molecular complexity index is 274. The van der Waals surface area contributed by atoms with Crippen molar-refractivity contribution in [1.29, 1.82) is 0 Å². The fourth-order valence-corrected chi connectivity index (χ4v) is 2.05. The lowest BCUT2D eigenvalue weighted by Gasteiger charge is -2.13. The Morgan fingerprint density at radius 2 is 1.67 bits per heavy atom. The van der Waals surface area contributed by atoms with E-state index in [1.807, 2.05) is 12.1 Å². The van der Waals surface area contributed by atoms with Crippen LogP contribution in [0.5, 0.6) is 5.75 Å². The Hall–Kier alpha value is -0.980. The molecule has 1 nitrogen and oxygen atoms in total. The van der Waals surface area contributed by atoms with Crippen LogP contribution in [0.3, 0.4) is 0 Å². The maximum Gasteiger partial charge on any atom is 0.118 e. The SMILES string of the molecule is COc1ccc(CC(C)CC(C)C)cc1. The minimum Gasteiger partial charge on any atom is -0.497 e. The van der Waals surface area contributed by atoms with Gasteiger partial charge < -0.3 is 4.74 Å². The molecule has 0 aromatic heterocycles. The van der Waals surface area contributed by atoms with Crippen LogP contribution < -0.4 is 4.74 Å². The molecule has 1 aromatic carbocycles. The fourth-order valence-electron chi connectivity index (χ4n) is 2.05. The Morgan fingerprint density at radius 1 is 1.07 bits per heavy atom. The van der Waals surface area contributed by atoms with E-state index in [9.17, 15) is 0 Å². The molecule has 0 bridgehead atoms. The first kappa shape index (κ1) is 12.1. The van der Waals surface area contributed by atoms with E-state index in [4.69, 9.17) is 4.74 Å². The van der Waals surface area contributed by atoms with Gasteiger partial charge >= 0.3 is 0 Å². The van der Waals surface area contributed by atoms with E-state index in [1.165, 1.54) is 18.4 Å². The van der Waals surface area contributed by atoms with Crippen molar-refractivity contribution in [2.45, 2.75) is 33.6 Å². The van der Waals surface area contributed by atoms with Crippen molar-refractivity contribution in [3.05, 3.63) is 29.8 Å². The molecular weight excluding hydrogens is 184 g/mol. The largest absolute Gasteiger partial charge is 0.497 e. The van der Waals surface area contributed by atoms with Crippen LogP contribution in [0.4, 0.5) is 0 Å². The van der Waals surface area contributed by atoms with Crippen molar-refractivity contribution in [2.75, 3.05) is 7.11 Å². The van der Waals surface area contributed by atoms with Crippen molar-refractivity contribution in [2.24, 2.45) is 11.8 Å². The van der Waals surface area contributed by atoms with Gasteiger partial charge in [-0.2, -0.15) is 0 Å². The minimum atomic E-state index is 0.762. The molecule has 0 aliphatic heterocycles. The van der Waals surface area contributed by atoms with E-state index in [1.54, 1.807) is 7.11 Å². The van der Waals surface area contributed by atoms with Gasteiger partial charge in [-0.15, -0.1) is 0 Å². The highest BCUT2D eigenvalue weighted by Gasteiger charge is 2.06. The first-order chi connectivity index (χ1) is 7.11. The van der Waals surface area contributed by atoms with Crippen LogP contribution in [0.2, 0.25) is 0 Å². The van der Waals surface area contributed by atoms with E-state index in [2.05, 4.69) is 32.9 Å². The number of rotatable bonds is 5. The van der Waals surface area contributed by atoms with Crippen LogP contribution in [0, 0.1) is 11.8 Å². The van der Waals surface area contributed by atoms with Gasteiger partial charge in [-0.05, 0) is 42.4 Å². The molecule has 0 amide bonds. The van der Waals surface area contributed by atoms with Gasteiger partial charge in [0.2, 0.25) is 0 Å². The quantitative estimate of drug-likeness (QED) is 0.709. The van der Waals surface area contributed by atoms with E-state index in [0.29, 0.717) is 0 Å². The molecule has 0 fully saturated rings. The summed E-state index contributed by atoms with van der Waals surface area (Å²) in [6.07, 6.45) is 2.47. The molecule has 0 aliphatic carbocycles. The smallest absolute Gasteiger partial charge is 0.118 e. The number of ether oxygens (including phenoxy) is 1. The van der Waals surface area contributed by atoms with Gasteiger partial charge in [-0.25, -0.2) is 0 Å². The first-order valence-electron chi connectivity index (χ1n) is 5.74. The first-order valence-corrected chi connectivity index (χ1v) is 5.74. The van der Waals surface area contributed by atoms with Crippen molar-refractivity contribution >= 4 is 0 Å². The Morgan fingerprint density at radius 3 is 2.13 bits per heavy atom. The molecule has 1 aromatic rings. The molecule has 0 radical (unpaired) electrons. The Kier molecular flexibility index (Phi) is 4.67. The van der Waals surface area contributed by atoms with Gasteiger partial charge in [0.25, 0.3) is 0 Å². The topological polar surface area (TPSA) is 9.23 Å². The standard InChI is InChI=1S/C14H22O/c1-11(2)9-12(3)10-13-5-7-14(15-4)8-6-13/h5-8,11-12H,9-10H2,1-4H3. The van der Waals surface area contributed by atoms with E-state index < -0.39 is 0 Å².